The van der Waals surface area contributed by atoms with Crippen molar-refractivity contribution >= 4 is 39.1 Å². The van der Waals surface area contributed by atoms with E-state index in [1.807, 2.05) is 0 Å². The van der Waals surface area contributed by atoms with Crippen molar-refractivity contribution in [2.75, 3.05) is 19.6 Å². The molecule has 1 aromatic rings. The van der Waals surface area contributed by atoms with Gasteiger partial charge in [-0.3, -0.25) is 4.79 Å². The second-order valence-electron chi connectivity index (χ2n) is 7.53. The summed E-state index contributed by atoms with van der Waals surface area (Å²) in [5.41, 5.74) is 1.87. The molecule has 1 atom stereocenters. The molecular weight excluding hydrogens is 419 g/mol. The van der Waals surface area contributed by atoms with Crippen LogP contribution < -0.4 is 5.32 Å². The number of rotatable bonds is 6. The number of halogens is 2. The van der Waals surface area contributed by atoms with Crippen molar-refractivity contribution in [2.24, 2.45) is 5.92 Å². The Kier molecular flexibility index (Phi) is 7.42. The summed E-state index contributed by atoms with van der Waals surface area (Å²) in [6.07, 6.45) is 8.10. The van der Waals surface area contributed by atoms with Gasteiger partial charge in [-0.2, -0.15) is 0 Å². The molecule has 0 bridgehead atoms. The monoisotopic (exact) mass is 444 g/mol. The Morgan fingerprint density at radius 1 is 1.18 bits per heavy atom. The molecule has 1 aliphatic heterocycles. The van der Waals surface area contributed by atoms with Crippen LogP contribution in [0.25, 0.3) is 0 Å². The van der Waals surface area contributed by atoms with Crippen molar-refractivity contribution in [3.05, 3.63) is 45.5 Å². The quantitative estimate of drug-likeness (QED) is 0.669. The number of amides is 1. The minimum atomic E-state index is -3.53. The molecule has 8 heteroatoms. The summed E-state index contributed by atoms with van der Waals surface area (Å²) in [6, 6.07) is 4.84. The first kappa shape index (κ1) is 21.6. The van der Waals surface area contributed by atoms with Gasteiger partial charge < -0.3 is 5.32 Å². The fraction of sp³-hybridized carbons (Fsp3) is 0.550. The zero-order valence-corrected chi connectivity index (χ0v) is 18.1. The van der Waals surface area contributed by atoms with Crippen molar-refractivity contribution in [3.8, 4) is 0 Å². The van der Waals surface area contributed by atoms with Crippen LogP contribution in [0, 0.1) is 5.92 Å². The number of carbonyl (C=O) groups excluding carboxylic acids is 1. The van der Waals surface area contributed by atoms with Gasteiger partial charge in [-0.25, -0.2) is 12.7 Å². The summed E-state index contributed by atoms with van der Waals surface area (Å²) in [5.74, 6) is -0.507. The van der Waals surface area contributed by atoms with E-state index in [1.54, 1.807) is 18.2 Å². The van der Waals surface area contributed by atoms with Crippen LogP contribution >= 0.6 is 23.2 Å². The standard InChI is InChI=1S/C20H26Cl2N2O3S/c21-18-9-8-16(11-19(18)22)14-28(26,27)24-10-4-7-17(13-24)20(25)23-12-15-5-2-1-3-6-15/h5,8-9,11,17H,1-4,6-7,10,12-14H2,(H,23,25)/t17-/m0/s1. The highest BCUT2D eigenvalue weighted by atomic mass is 35.5. The van der Waals surface area contributed by atoms with Gasteiger partial charge in [0.15, 0.2) is 0 Å². The summed E-state index contributed by atoms with van der Waals surface area (Å²) in [4.78, 5) is 12.6. The second-order valence-corrected chi connectivity index (χ2v) is 10.3. The van der Waals surface area contributed by atoms with E-state index >= 15 is 0 Å². The van der Waals surface area contributed by atoms with Crippen LogP contribution in [-0.4, -0.2) is 38.3 Å². The molecule has 1 heterocycles. The highest BCUT2D eigenvalue weighted by Gasteiger charge is 2.32. The first-order valence-electron chi connectivity index (χ1n) is 9.72. The van der Waals surface area contributed by atoms with Gasteiger partial charge in [0.25, 0.3) is 0 Å². The highest BCUT2D eigenvalue weighted by molar-refractivity contribution is 7.88. The van der Waals surface area contributed by atoms with E-state index in [0.29, 0.717) is 41.5 Å². The first-order valence-corrected chi connectivity index (χ1v) is 12.1. The SMILES string of the molecule is O=C(NCC1=CCCCC1)[C@H]1CCCN(S(=O)(=O)Cc2ccc(Cl)c(Cl)c2)C1. The number of sulfonamides is 1. The Bertz CT molecular complexity index is 855. The molecule has 1 aliphatic carbocycles. The molecule has 28 heavy (non-hydrogen) atoms. The summed E-state index contributed by atoms with van der Waals surface area (Å²) >= 11 is 11.9. The number of nitrogens with one attached hydrogen (secondary N) is 1. The number of benzene rings is 1. The molecule has 0 saturated carbocycles. The third-order valence-corrected chi connectivity index (χ3v) is 7.91. The molecule has 0 spiro atoms. The number of allylic oxidation sites excluding steroid dienone is 1. The Morgan fingerprint density at radius 3 is 2.71 bits per heavy atom. The fourth-order valence-corrected chi connectivity index (χ4v) is 5.67. The predicted octanol–water partition coefficient (Wildman–Crippen LogP) is 4.15. The van der Waals surface area contributed by atoms with Crippen LogP contribution in [0.1, 0.15) is 44.1 Å². The van der Waals surface area contributed by atoms with Crippen LogP contribution in [0.3, 0.4) is 0 Å². The van der Waals surface area contributed by atoms with Crippen molar-refractivity contribution in [2.45, 2.75) is 44.3 Å². The van der Waals surface area contributed by atoms with Crippen molar-refractivity contribution in [1.29, 1.82) is 0 Å². The number of nitrogens with zero attached hydrogens (tertiary/aromatic N) is 1. The van der Waals surface area contributed by atoms with E-state index in [0.717, 1.165) is 12.8 Å². The minimum Gasteiger partial charge on any atom is -0.352 e. The van der Waals surface area contributed by atoms with E-state index in [4.69, 9.17) is 23.2 Å². The van der Waals surface area contributed by atoms with Gasteiger partial charge in [0.1, 0.15) is 0 Å². The maximum absolute atomic E-state index is 12.8. The zero-order chi connectivity index (χ0) is 20.1. The van der Waals surface area contributed by atoms with Crippen molar-refractivity contribution in [3.63, 3.8) is 0 Å². The maximum Gasteiger partial charge on any atom is 0.224 e. The maximum atomic E-state index is 12.8. The van der Waals surface area contributed by atoms with E-state index in [1.165, 1.54) is 22.7 Å². The lowest BCUT2D eigenvalue weighted by Crippen LogP contribution is -2.46. The van der Waals surface area contributed by atoms with E-state index < -0.39 is 10.0 Å². The molecule has 0 aromatic heterocycles. The molecule has 1 saturated heterocycles. The van der Waals surface area contributed by atoms with E-state index in [2.05, 4.69) is 11.4 Å². The lowest BCUT2D eigenvalue weighted by atomic mass is 9.97. The third kappa shape index (κ3) is 5.72. The fourth-order valence-electron chi connectivity index (χ4n) is 3.75. The van der Waals surface area contributed by atoms with E-state index in [-0.39, 0.29) is 24.1 Å². The number of piperidine rings is 1. The summed E-state index contributed by atoms with van der Waals surface area (Å²) in [6.45, 7) is 1.25. The molecule has 154 valence electrons. The molecule has 0 radical (unpaired) electrons. The van der Waals surface area contributed by atoms with Crippen LogP contribution in [0.4, 0.5) is 0 Å². The average Bonchev–Trinajstić information content (AvgIpc) is 2.69. The number of hydrogen-bond acceptors (Lipinski definition) is 3. The Balaban J connectivity index is 1.58. The molecular formula is C20H26Cl2N2O3S. The smallest absolute Gasteiger partial charge is 0.224 e. The minimum absolute atomic E-state index is 0.0547. The molecule has 1 fully saturated rings. The van der Waals surface area contributed by atoms with Gasteiger partial charge in [-0.05, 0) is 56.2 Å². The van der Waals surface area contributed by atoms with Gasteiger partial charge in [0, 0.05) is 19.6 Å². The predicted molar refractivity (Wildman–Crippen MR) is 113 cm³/mol. The molecule has 1 N–H and O–H groups in total. The van der Waals surface area contributed by atoms with Gasteiger partial charge >= 0.3 is 0 Å². The van der Waals surface area contributed by atoms with Crippen LogP contribution in [-0.2, 0) is 20.6 Å². The van der Waals surface area contributed by atoms with E-state index in [9.17, 15) is 13.2 Å². The Hall–Kier alpha value is -1.08. The highest BCUT2D eigenvalue weighted by Crippen LogP contribution is 2.26. The summed E-state index contributed by atoms with van der Waals surface area (Å²) < 4.78 is 27.1. The van der Waals surface area contributed by atoms with Crippen molar-refractivity contribution < 1.29 is 13.2 Å². The van der Waals surface area contributed by atoms with Crippen molar-refractivity contribution in [1.82, 2.24) is 9.62 Å². The van der Waals surface area contributed by atoms with Crippen LogP contribution in [0.15, 0.2) is 29.8 Å². The summed E-state index contributed by atoms with van der Waals surface area (Å²) in [5, 5.41) is 3.73. The number of hydrogen-bond donors (Lipinski definition) is 1. The molecule has 0 unspecified atom stereocenters. The topological polar surface area (TPSA) is 66.5 Å². The average molecular weight is 445 g/mol. The van der Waals surface area contributed by atoms with Gasteiger partial charge in [0.2, 0.25) is 15.9 Å². The molecule has 2 aliphatic rings. The second kappa shape index (κ2) is 9.61. The first-order chi connectivity index (χ1) is 13.3. The summed E-state index contributed by atoms with van der Waals surface area (Å²) in [7, 11) is -3.53. The molecule has 3 rings (SSSR count). The lowest BCUT2D eigenvalue weighted by molar-refractivity contribution is -0.125. The zero-order valence-electron chi connectivity index (χ0n) is 15.8. The lowest BCUT2D eigenvalue weighted by Gasteiger charge is -2.31. The molecule has 5 nitrogen and oxygen atoms in total. The third-order valence-electron chi connectivity index (χ3n) is 5.36. The molecule has 1 aromatic carbocycles. The molecule has 1 amide bonds. The van der Waals surface area contributed by atoms with Gasteiger partial charge in [-0.1, -0.05) is 40.9 Å². The Labute approximate surface area is 177 Å². The van der Waals surface area contributed by atoms with Crippen LogP contribution in [0.5, 0.6) is 0 Å². The normalized spacial score (nSPS) is 21.2. The Morgan fingerprint density at radius 2 is 2.00 bits per heavy atom. The van der Waals surface area contributed by atoms with Gasteiger partial charge in [0.05, 0.1) is 21.7 Å². The van der Waals surface area contributed by atoms with Gasteiger partial charge in [-0.15, -0.1) is 0 Å². The van der Waals surface area contributed by atoms with Crippen LogP contribution in [0.2, 0.25) is 10.0 Å². The largest absolute Gasteiger partial charge is 0.352 e. The number of carbonyl (C=O) groups is 1.